The maximum Gasteiger partial charge on any atom is 0.0421 e. The number of hydrogen-bond acceptors (Lipinski definition) is 1. The van der Waals surface area contributed by atoms with E-state index in [1.165, 1.54) is 25.7 Å². The molecule has 1 heterocycles. The van der Waals surface area contributed by atoms with Gasteiger partial charge in [-0.1, -0.05) is 26.7 Å². The minimum atomic E-state index is 0.618. The van der Waals surface area contributed by atoms with Crippen LogP contribution in [-0.4, -0.2) is 10.7 Å². The zero-order chi connectivity index (χ0) is 9.52. The van der Waals surface area contributed by atoms with E-state index in [1.807, 2.05) is 16.8 Å². The van der Waals surface area contributed by atoms with Gasteiger partial charge in [-0.2, -0.15) is 0 Å². The smallest absolute Gasteiger partial charge is 0.0421 e. The van der Waals surface area contributed by atoms with Gasteiger partial charge in [0, 0.05) is 18.4 Å². The maximum absolute atomic E-state index is 3.46. The Kier molecular flexibility index (Phi) is 4.44. The predicted octanol–water partition coefficient (Wildman–Crippen LogP) is 3.00. The van der Waals surface area contributed by atoms with Crippen LogP contribution in [0.25, 0.3) is 0 Å². The van der Waals surface area contributed by atoms with E-state index < -0.39 is 0 Å². The Morgan fingerprint density at radius 2 is 1.92 bits per heavy atom. The highest BCUT2D eigenvalue weighted by Crippen LogP contribution is 2.05. The third-order valence-electron chi connectivity index (χ3n) is 2.34. The third kappa shape index (κ3) is 3.53. The molecular weight excluding hydrogens is 160 g/mol. The van der Waals surface area contributed by atoms with Crippen LogP contribution in [-0.2, 0) is 0 Å². The van der Waals surface area contributed by atoms with Crippen LogP contribution in [0.5, 0.6) is 0 Å². The average Bonchev–Trinajstić information content (AvgIpc) is 2.64. The van der Waals surface area contributed by atoms with E-state index in [2.05, 4.69) is 31.7 Å². The minimum Gasteiger partial charge on any atom is -0.323 e. The lowest BCUT2D eigenvalue weighted by Crippen LogP contribution is -2.26. The van der Waals surface area contributed by atoms with Gasteiger partial charge in [-0.15, -0.1) is 0 Å². The van der Waals surface area contributed by atoms with Crippen molar-refractivity contribution in [2.24, 2.45) is 0 Å². The van der Waals surface area contributed by atoms with E-state index in [4.69, 9.17) is 0 Å². The van der Waals surface area contributed by atoms with Gasteiger partial charge in [0.1, 0.15) is 0 Å². The Bertz CT molecular complexity index is 204. The van der Waals surface area contributed by atoms with E-state index in [1.54, 1.807) is 0 Å². The van der Waals surface area contributed by atoms with Crippen LogP contribution in [0.1, 0.15) is 39.5 Å². The fraction of sp³-hybridized carbons (Fsp3) is 0.636. The lowest BCUT2D eigenvalue weighted by Gasteiger charge is -2.18. The molecule has 1 rings (SSSR count). The van der Waals surface area contributed by atoms with Gasteiger partial charge in [0.15, 0.2) is 0 Å². The second-order valence-electron chi connectivity index (χ2n) is 3.47. The Hall–Kier alpha value is -0.920. The highest BCUT2D eigenvalue weighted by atomic mass is 15.4. The first-order valence-electron chi connectivity index (χ1n) is 5.26. The van der Waals surface area contributed by atoms with Gasteiger partial charge in [-0.25, -0.2) is 0 Å². The number of aromatic nitrogens is 1. The Morgan fingerprint density at radius 3 is 2.46 bits per heavy atom. The fourth-order valence-electron chi connectivity index (χ4n) is 1.44. The summed E-state index contributed by atoms with van der Waals surface area (Å²) in [4.78, 5) is 0. The summed E-state index contributed by atoms with van der Waals surface area (Å²) in [7, 11) is 0. The summed E-state index contributed by atoms with van der Waals surface area (Å²) in [6, 6.07) is 4.70. The van der Waals surface area contributed by atoms with Gasteiger partial charge in [0.05, 0.1) is 0 Å². The molecule has 0 bridgehead atoms. The molecule has 74 valence electrons. The molecule has 0 amide bonds. The number of unbranched alkanes of at least 4 members (excludes halogenated alkanes) is 1. The summed E-state index contributed by atoms with van der Waals surface area (Å²) in [5, 5.41) is 0. The molecule has 0 saturated heterocycles. The average molecular weight is 180 g/mol. The van der Waals surface area contributed by atoms with E-state index in [0.29, 0.717) is 6.04 Å². The molecule has 1 atom stereocenters. The van der Waals surface area contributed by atoms with E-state index >= 15 is 0 Å². The SMILES string of the molecule is CCCCC(CC)Nn1cccc1. The topological polar surface area (TPSA) is 17.0 Å². The fourth-order valence-corrected chi connectivity index (χ4v) is 1.44. The second kappa shape index (κ2) is 5.68. The minimum absolute atomic E-state index is 0.618. The van der Waals surface area contributed by atoms with Crippen molar-refractivity contribution in [3.63, 3.8) is 0 Å². The first-order valence-corrected chi connectivity index (χ1v) is 5.26. The predicted molar refractivity (Wildman–Crippen MR) is 57.4 cm³/mol. The second-order valence-corrected chi connectivity index (χ2v) is 3.47. The molecular formula is C11H20N2. The van der Waals surface area contributed by atoms with Gasteiger partial charge in [0.25, 0.3) is 0 Å². The molecule has 1 aromatic rings. The number of hydrogen-bond donors (Lipinski definition) is 1. The number of rotatable bonds is 6. The molecule has 0 radical (unpaired) electrons. The summed E-state index contributed by atoms with van der Waals surface area (Å²) < 4.78 is 2.05. The first kappa shape index (κ1) is 10.2. The summed E-state index contributed by atoms with van der Waals surface area (Å²) in [5.41, 5.74) is 3.46. The van der Waals surface area contributed by atoms with Crippen LogP contribution >= 0.6 is 0 Å². The molecule has 0 aliphatic rings. The monoisotopic (exact) mass is 180 g/mol. The van der Waals surface area contributed by atoms with Crippen molar-refractivity contribution in [2.45, 2.75) is 45.6 Å². The van der Waals surface area contributed by atoms with Crippen molar-refractivity contribution < 1.29 is 0 Å². The van der Waals surface area contributed by atoms with Crippen molar-refractivity contribution in [1.82, 2.24) is 4.68 Å². The van der Waals surface area contributed by atoms with Crippen LogP contribution < -0.4 is 5.43 Å². The zero-order valence-corrected chi connectivity index (χ0v) is 8.66. The zero-order valence-electron chi connectivity index (χ0n) is 8.66. The molecule has 0 fully saturated rings. The molecule has 0 aliphatic heterocycles. The standard InChI is InChI=1S/C11H20N2/c1-3-5-8-11(4-2)12-13-9-6-7-10-13/h6-7,9-12H,3-5,8H2,1-2H3. The third-order valence-corrected chi connectivity index (χ3v) is 2.34. The summed E-state index contributed by atoms with van der Waals surface area (Å²) in [6.07, 6.45) is 9.16. The molecule has 0 saturated carbocycles. The van der Waals surface area contributed by atoms with Crippen LogP contribution in [0.4, 0.5) is 0 Å². The molecule has 2 nitrogen and oxygen atoms in total. The van der Waals surface area contributed by atoms with Crippen LogP contribution in [0.3, 0.4) is 0 Å². The maximum atomic E-state index is 3.46. The largest absolute Gasteiger partial charge is 0.323 e. The Morgan fingerprint density at radius 1 is 1.23 bits per heavy atom. The van der Waals surface area contributed by atoms with Crippen molar-refractivity contribution in [1.29, 1.82) is 0 Å². The molecule has 2 heteroatoms. The summed E-state index contributed by atoms with van der Waals surface area (Å²) >= 11 is 0. The summed E-state index contributed by atoms with van der Waals surface area (Å²) in [6.45, 7) is 4.47. The van der Waals surface area contributed by atoms with Crippen LogP contribution in [0, 0.1) is 0 Å². The van der Waals surface area contributed by atoms with E-state index in [9.17, 15) is 0 Å². The van der Waals surface area contributed by atoms with E-state index in [-0.39, 0.29) is 0 Å². The van der Waals surface area contributed by atoms with Gasteiger partial charge in [0.2, 0.25) is 0 Å². The van der Waals surface area contributed by atoms with Crippen molar-refractivity contribution >= 4 is 0 Å². The van der Waals surface area contributed by atoms with Gasteiger partial charge in [-0.05, 0) is 25.0 Å². The Balaban J connectivity index is 2.31. The lowest BCUT2D eigenvalue weighted by molar-refractivity contribution is 0.548. The highest BCUT2D eigenvalue weighted by molar-refractivity contribution is 4.95. The van der Waals surface area contributed by atoms with Gasteiger partial charge in [-0.3, -0.25) is 4.68 Å². The van der Waals surface area contributed by atoms with Crippen molar-refractivity contribution in [2.75, 3.05) is 5.43 Å². The van der Waals surface area contributed by atoms with Crippen LogP contribution in [0.15, 0.2) is 24.5 Å². The van der Waals surface area contributed by atoms with Gasteiger partial charge >= 0.3 is 0 Å². The molecule has 13 heavy (non-hydrogen) atoms. The highest BCUT2D eigenvalue weighted by Gasteiger charge is 2.03. The quantitative estimate of drug-likeness (QED) is 0.712. The lowest BCUT2D eigenvalue weighted by atomic mass is 10.1. The molecule has 0 spiro atoms. The van der Waals surface area contributed by atoms with Crippen molar-refractivity contribution in [3.05, 3.63) is 24.5 Å². The van der Waals surface area contributed by atoms with E-state index in [0.717, 1.165) is 0 Å². The molecule has 1 N–H and O–H groups in total. The van der Waals surface area contributed by atoms with Crippen LogP contribution in [0.2, 0.25) is 0 Å². The first-order chi connectivity index (χ1) is 6.36. The molecule has 0 aliphatic carbocycles. The number of nitrogens with one attached hydrogen (secondary N) is 1. The molecule has 0 aromatic carbocycles. The number of nitrogens with zero attached hydrogens (tertiary/aromatic N) is 1. The normalized spacial score (nSPS) is 12.8. The summed E-state index contributed by atoms with van der Waals surface area (Å²) in [5.74, 6) is 0. The molecule has 1 unspecified atom stereocenters. The van der Waals surface area contributed by atoms with Gasteiger partial charge < -0.3 is 5.43 Å². The van der Waals surface area contributed by atoms with Crippen molar-refractivity contribution in [3.8, 4) is 0 Å². The molecule has 1 aromatic heterocycles. The Labute approximate surface area is 80.9 Å².